The van der Waals surface area contributed by atoms with Crippen LogP contribution in [0.25, 0.3) is 0 Å². The van der Waals surface area contributed by atoms with Gasteiger partial charge in [0.2, 0.25) is 0 Å². The summed E-state index contributed by atoms with van der Waals surface area (Å²) in [5, 5.41) is 2.91. The molecule has 0 saturated heterocycles. The maximum Gasteiger partial charge on any atom is 0.251 e. The van der Waals surface area contributed by atoms with Gasteiger partial charge in [-0.05, 0) is 37.5 Å². The Kier molecular flexibility index (Phi) is 2.49. The summed E-state index contributed by atoms with van der Waals surface area (Å²) >= 11 is 0. The van der Waals surface area contributed by atoms with Crippen LogP contribution >= 0.6 is 0 Å². The molecule has 3 heteroatoms. The Labute approximate surface area is 89.7 Å². The van der Waals surface area contributed by atoms with Crippen molar-refractivity contribution in [1.29, 1.82) is 0 Å². The lowest BCUT2D eigenvalue weighted by atomic mass is 9.90. The Morgan fingerprint density at radius 1 is 1.47 bits per heavy atom. The summed E-state index contributed by atoms with van der Waals surface area (Å²) in [6.07, 6.45) is 0.851. The molecule has 3 N–H and O–H groups in total. The van der Waals surface area contributed by atoms with E-state index >= 15 is 0 Å². The average Bonchev–Trinajstić information content (AvgIpc) is 2.19. The number of fused-ring (bicyclic) bond motifs is 1. The highest BCUT2D eigenvalue weighted by Gasteiger charge is 2.24. The second-order valence-electron chi connectivity index (χ2n) is 4.22. The van der Waals surface area contributed by atoms with Crippen LogP contribution in [0.4, 0.5) is 0 Å². The van der Waals surface area contributed by atoms with E-state index in [2.05, 4.69) is 18.3 Å². The van der Waals surface area contributed by atoms with Crippen LogP contribution < -0.4 is 11.1 Å². The summed E-state index contributed by atoms with van der Waals surface area (Å²) in [7, 11) is 0. The molecule has 80 valence electrons. The molecule has 0 saturated carbocycles. The number of nitrogens with two attached hydrogens (primary N) is 1. The van der Waals surface area contributed by atoms with Crippen LogP contribution in [-0.4, -0.2) is 18.5 Å². The lowest BCUT2D eigenvalue weighted by molar-refractivity contribution is 0.0926. The molecule has 0 aromatic heterocycles. The van der Waals surface area contributed by atoms with E-state index in [1.54, 1.807) is 0 Å². The number of hydrogen-bond acceptors (Lipinski definition) is 2. The third kappa shape index (κ3) is 1.75. The molecule has 0 radical (unpaired) electrons. The molecular formula is C12H16N2O. The molecule has 2 rings (SSSR count). The predicted molar refractivity (Wildman–Crippen MR) is 59.9 cm³/mol. The summed E-state index contributed by atoms with van der Waals surface area (Å²) < 4.78 is 0. The molecule has 1 aliphatic rings. The first-order valence-electron chi connectivity index (χ1n) is 5.23. The van der Waals surface area contributed by atoms with E-state index in [-0.39, 0.29) is 11.9 Å². The van der Waals surface area contributed by atoms with Crippen molar-refractivity contribution in [1.82, 2.24) is 5.32 Å². The Hall–Kier alpha value is -1.35. The van der Waals surface area contributed by atoms with E-state index in [0.717, 1.165) is 23.1 Å². The molecule has 15 heavy (non-hydrogen) atoms. The first-order chi connectivity index (χ1) is 7.11. The molecule has 0 spiro atoms. The van der Waals surface area contributed by atoms with Gasteiger partial charge in [-0.3, -0.25) is 4.79 Å². The Morgan fingerprint density at radius 3 is 2.87 bits per heavy atom. The van der Waals surface area contributed by atoms with Gasteiger partial charge in [0.25, 0.3) is 5.91 Å². The van der Waals surface area contributed by atoms with E-state index < -0.39 is 0 Å². The molecule has 1 heterocycles. The first kappa shape index (κ1) is 10.2. The lowest BCUT2D eigenvalue weighted by Crippen LogP contribution is -2.45. The monoisotopic (exact) mass is 204 g/mol. The number of aryl methyl sites for hydroxylation is 2. The summed E-state index contributed by atoms with van der Waals surface area (Å²) in [6.45, 7) is 4.56. The van der Waals surface area contributed by atoms with Crippen LogP contribution in [0.2, 0.25) is 0 Å². The van der Waals surface area contributed by atoms with Crippen LogP contribution in [0.1, 0.15) is 27.0 Å². The largest absolute Gasteiger partial charge is 0.348 e. The van der Waals surface area contributed by atoms with Gasteiger partial charge in [-0.25, -0.2) is 0 Å². The van der Waals surface area contributed by atoms with Gasteiger partial charge >= 0.3 is 0 Å². The Balaban J connectivity index is 2.50. The van der Waals surface area contributed by atoms with E-state index in [1.807, 2.05) is 13.0 Å². The van der Waals surface area contributed by atoms with Crippen LogP contribution in [0.15, 0.2) is 12.1 Å². The van der Waals surface area contributed by atoms with Gasteiger partial charge in [-0.1, -0.05) is 11.6 Å². The molecule has 3 nitrogen and oxygen atoms in total. The molecule has 1 unspecified atom stereocenters. The molecule has 1 aromatic carbocycles. The average molecular weight is 204 g/mol. The highest BCUT2D eigenvalue weighted by Crippen LogP contribution is 2.22. The molecular weight excluding hydrogens is 188 g/mol. The third-order valence-corrected chi connectivity index (χ3v) is 2.93. The minimum Gasteiger partial charge on any atom is -0.348 e. The zero-order valence-corrected chi connectivity index (χ0v) is 9.13. The Bertz CT molecular complexity index is 412. The van der Waals surface area contributed by atoms with Crippen LogP contribution in [-0.2, 0) is 6.42 Å². The molecule has 1 amide bonds. The normalized spacial score (nSPS) is 19.7. The van der Waals surface area contributed by atoms with Crippen molar-refractivity contribution in [2.24, 2.45) is 5.73 Å². The van der Waals surface area contributed by atoms with Gasteiger partial charge in [0, 0.05) is 18.2 Å². The fraction of sp³-hybridized carbons (Fsp3) is 0.417. The number of hydrogen-bond donors (Lipinski definition) is 2. The zero-order chi connectivity index (χ0) is 11.0. The van der Waals surface area contributed by atoms with Gasteiger partial charge in [-0.2, -0.15) is 0 Å². The summed E-state index contributed by atoms with van der Waals surface area (Å²) in [5.41, 5.74) is 9.88. The lowest BCUT2D eigenvalue weighted by Gasteiger charge is -2.26. The number of nitrogens with one attached hydrogen (secondary N) is 1. The maximum absolute atomic E-state index is 11.8. The maximum atomic E-state index is 11.8. The summed E-state index contributed by atoms with van der Waals surface area (Å²) in [6, 6.07) is 4.15. The number of carbonyl (C=O) groups is 1. The van der Waals surface area contributed by atoms with Crippen molar-refractivity contribution in [2.45, 2.75) is 26.3 Å². The minimum atomic E-state index is 0.0125. The fourth-order valence-corrected chi connectivity index (χ4v) is 2.17. The SMILES string of the molecule is Cc1cc(C)c2c(c1)C(=O)NC(CN)C2. The molecule has 0 fully saturated rings. The van der Waals surface area contributed by atoms with Crippen LogP contribution in [0.3, 0.4) is 0 Å². The fourth-order valence-electron chi connectivity index (χ4n) is 2.17. The zero-order valence-electron chi connectivity index (χ0n) is 9.13. The number of rotatable bonds is 1. The van der Waals surface area contributed by atoms with Gasteiger partial charge < -0.3 is 11.1 Å². The molecule has 1 aliphatic heterocycles. The van der Waals surface area contributed by atoms with E-state index in [0.29, 0.717) is 6.54 Å². The van der Waals surface area contributed by atoms with Crippen molar-refractivity contribution in [3.63, 3.8) is 0 Å². The van der Waals surface area contributed by atoms with Gasteiger partial charge in [0.1, 0.15) is 0 Å². The molecule has 0 aliphatic carbocycles. The summed E-state index contributed by atoms with van der Waals surface area (Å²) in [5.74, 6) is 0.0125. The quantitative estimate of drug-likeness (QED) is 0.714. The minimum absolute atomic E-state index is 0.0125. The number of benzene rings is 1. The topological polar surface area (TPSA) is 55.1 Å². The highest BCUT2D eigenvalue weighted by molar-refractivity contribution is 5.97. The molecule has 0 bridgehead atoms. The van der Waals surface area contributed by atoms with Crippen molar-refractivity contribution in [3.8, 4) is 0 Å². The number of amides is 1. The number of carbonyl (C=O) groups excluding carboxylic acids is 1. The second-order valence-corrected chi connectivity index (χ2v) is 4.22. The predicted octanol–water partition coefficient (Wildman–Crippen LogP) is 0.917. The van der Waals surface area contributed by atoms with Crippen molar-refractivity contribution < 1.29 is 4.79 Å². The van der Waals surface area contributed by atoms with Crippen molar-refractivity contribution in [3.05, 3.63) is 34.4 Å². The van der Waals surface area contributed by atoms with Crippen molar-refractivity contribution in [2.75, 3.05) is 6.54 Å². The van der Waals surface area contributed by atoms with Crippen LogP contribution in [0, 0.1) is 13.8 Å². The third-order valence-electron chi connectivity index (χ3n) is 2.93. The summed E-state index contributed by atoms with van der Waals surface area (Å²) in [4.78, 5) is 11.8. The van der Waals surface area contributed by atoms with E-state index in [9.17, 15) is 4.79 Å². The molecule has 1 aromatic rings. The standard InChI is InChI=1S/C12H16N2O/c1-7-3-8(2)10-5-9(6-13)14-12(15)11(10)4-7/h3-4,9H,5-6,13H2,1-2H3,(H,14,15). The first-order valence-corrected chi connectivity index (χ1v) is 5.23. The van der Waals surface area contributed by atoms with Crippen LogP contribution in [0.5, 0.6) is 0 Å². The van der Waals surface area contributed by atoms with E-state index in [1.165, 1.54) is 5.56 Å². The molecule has 1 atom stereocenters. The van der Waals surface area contributed by atoms with E-state index in [4.69, 9.17) is 5.73 Å². The smallest absolute Gasteiger partial charge is 0.251 e. The van der Waals surface area contributed by atoms with Gasteiger partial charge in [0.15, 0.2) is 0 Å². The highest BCUT2D eigenvalue weighted by atomic mass is 16.1. The van der Waals surface area contributed by atoms with Gasteiger partial charge in [-0.15, -0.1) is 0 Å². The second kappa shape index (κ2) is 3.66. The van der Waals surface area contributed by atoms with Gasteiger partial charge in [0.05, 0.1) is 0 Å². The van der Waals surface area contributed by atoms with Crippen molar-refractivity contribution >= 4 is 5.91 Å². The Morgan fingerprint density at radius 2 is 2.20 bits per heavy atom.